The Morgan fingerprint density at radius 3 is 2.25 bits per heavy atom. The van der Waals surface area contributed by atoms with Crippen molar-refractivity contribution >= 4 is 5.91 Å². The van der Waals surface area contributed by atoms with E-state index >= 15 is 0 Å². The summed E-state index contributed by atoms with van der Waals surface area (Å²) < 4.78 is 0. The van der Waals surface area contributed by atoms with E-state index < -0.39 is 0 Å². The van der Waals surface area contributed by atoms with Gasteiger partial charge in [0.1, 0.15) is 0 Å². The highest BCUT2D eigenvalue weighted by Crippen LogP contribution is 2.25. The number of nitrogens with one attached hydrogen (secondary N) is 1. The van der Waals surface area contributed by atoms with Crippen molar-refractivity contribution < 1.29 is 4.79 Å². The Labute approximate surface area is 75.7 Å². The van der Waals surface area contributed by atoms with Crippen molar-refractivity contribution in [2.75, 3.05) is 7.05 Å². The number of hydrogen-bond donors (Lipinski definition) is 1. The smallest absolute Gasteiger partial charge is 0.220 e. The lowest BCUT2D eigenvalue weighted by Gasteiger charge is -2.22. The molecule has 72 valence electrons. The van der Waals surface area contributed by atoms with Gasteiger partial charge in [0.2, 0.25) is 5.91 Å². The molecule has 0 fully saturated rings. The van der Waals surface area contributed by atoms with Gasteiger partial charge in [0, 0.05) is 13.5 Å². The maximum absolute atomic E-state index is 11.0. The molecule has 0 aliphatic heterocycles. The lowest BCUT2D eigenvalue weighted by atomic mass is 9.84. The molecule has 1 unspecified atom stereocenters. The molecule has 0 bridgehead atoms. The number of amides is 1. The van der Waals surface area contributed by atoms with Gasteiger partial charge in [-0.3, -0.25) is 4.79 Å². The van der Waals surface area contributed by atoms with Crippen LogP contribution in [0.15, 0.2) is 0 Å². The highest BCUT2D eigenvalue weighted by atomic mass is 16.1. The molecule has 1 atom stereocenters. The Morgan fingerprint density at radius 1 is 1.42 bits per heavy atom. The van der Waals surface area contributed by atoms with Crippen LogP contribution in [0.2, 0.25) is 0 Å². The van der Waals surface area contributed by atoms with Crippen molar-refractivity contribution in [1.82, 2.24) is 5.32 Å². The molecule has 0 aliphatic carbocycles. The monoisotopic (exact) mass is 171 g/mol. The van der Waals surface area contributed by atoms with Crippen LogP contribution in [0.3, 0.4) is 0 Å². The average molecular weight is 171 g/mol. The zero-order chi connectivity index (χ0) is 9.78. The molecule has 0 aromatic heterocycles. The Morgan fingerprint density at radius 2 is 1.92 bits per heavy atom. The maximum Gasteiger partial charge on any atom is 0.220 e. The topological polar surface area (TPSA) is 29.1 Å². The first-order valence-corrected chi connectivity index (χ1v) is 4.56. The van der Waals surface area contributed by atoms with E-state index in [1.807, 2.05) is 0 Å². The highest BCUT2D eigenvalue weighted by Gasteiger charge is 2.16. The molecule has 1 amide bonds. The van der Waals surface area contributed by atoms with Crippen LogP contribution in [0, 0.1) is 11.3 Å². The van der Waals surface area contributed by atoms with Crippen molar-refractivity contribution in [3.63, 3.8) is 0 Å². The van der Waals surface area contributed by atoms with E-state index in [2.05, 4.69) is 33.0 Å². The van der Waals surface area contributed by atoms with Gasteiger partial charge in [0.05, 0.1) is 0 Å². The minimum absolute atomic E-state index is 0.145. The van der Waals surface area contributed by atoms with Gasteiger partial charge in [0.25, 0.3) is 0 Å². The summed E-state index contributed by atoms with van der Waals surface area (Å²) in [4.78, 5) is 11.0. The van der Waals surface area contributed by atoms with Crippen molar-refractivity contribution in [3.8, 4) is 0 Å². The SMILES string of the molecule is CNC(=O)CC(C)CC(C)(C)C. The van der Waals surface area contributed by atoms with Gasteiger partial charge >= 0.3 is 0 Å². The molecule has 2 heteroatoms. The Kier molecular flexibility index (Phi) is 4.29. The van der Waals surface area contributed by atoms with E-state index in [1.165, 1.54) is 0 Å². The summed E-state index contributed by atoms with van der Waals surface area (Å²) in [6, 6.07) is 0. The third kappa shape index (κ3) is 6.20. The van der Waals surface area contributed by atoms with Gasteiger partial charge in [-0.1, -0.05) is 27.7 Å². The summed E-state index contributed by atoms with van der Waals surface area (Å²) in [5, 5.41) is 2.64. The first-order valence-electron chi connectivity index (χ1n) is 4.56. The molecular formula is C10H21NO. The number of carbonyl (C=O) groups is 1. The summed E-state index contributed by atoms with van der Waals surface area (Å²) >= 11 is 0. The largest absolute Gasteiger partial charge is 0.359 e. The fourth-order valence-corrected chi connectivity index (χ4v) is 1.54. The van der Waals surface area contributed by atoms with Crippen LogP contribution < -0.4 is 5.32 Å². The van der Waals surface area contributed by atoms with Crippen molar-refractivity contribution in [2.24, 2.45) is 11.3 Å². The molecule has 0 saturated heterocycles. The highest BCUT2D eigenvalue weighted by molar-refractivity contribution is 5.75. The molecule has 0 radical (unpaired) electrons. The summed E-state index contributed by atoms with van der Waals surface area (Å²) in [6.07, 6.45) is 1.74. The fourth-order valence-electron chi connectivity index (χ4n) is 1.54. The van der Waals surface area contributed by atoms with Crippen LogP contribution in [0.25, 0.3) is 0 Å². The summed E-state index contributed by atoms with van der Waals surface area (Å²) in [6.45, 7) is 8.73. The average Bonchev–Trinajstić information content (AvgIpc) is 1.82. The third-order valence-electron chi connectivity index (χ3n) is 1.77. The molecule has 2 nitrogen and oxygen atoms in total. The van der Waals surface area contributed by atoms with Crippen LogP contribution >= 0.6 is 0 Å². The van der Waals surface area contributed by atoms with Crippen molar-refractivity contribution in [1.29, 1.82) is 0 Å². The first-order chi connectivity index (χ1) is 5.35. The van der Waals surface area contributed by atoms with Gasteiger partial charge in [0.15, 0.2) is 0 Å². The molecular weight excluding hydrogens is 150 g/mol. The Hall–Kier alpha value is -0.530. The van der Waals surface area contributed by atoms with Gasteiger partial charge in [-0.2, -0.15) is 0 Å². The number of hydrogen-bond acceptors (Lipinski definition) is 1. The fraction of sp³-hybridized carbons (Fsp3) is 0.900. The van der Waals surface area contributed by atoms with Crippen molar-refractivity contribution in [2.45, 2.75) is 40.5 Å². The summed E-state index contributed by atoms with van der Waals surface area (Å²) in [5.41, 5.74) is 0.327. The van der Waals surface area contributed by atoms with Crippen LogP contribution in [0.5, 0.6) is 0 Å². The van der Waals surface area contributed by atoms with Gasteiger partial charge in [-0.25, -0.2) is 0 Å². The van der Waals surface area contributed by atoms with E-state index in [0.717, 1.165) is 6.42 Å². The molecule has 1 N–H and O–H groups in total. The molecule has 0 aromatic carbocycles. The third-order valence-corrected chi connectivity index (χ3v) is 1.77. The van der Waals surface area contributed by atoms with E-state index in [1.54, 1.807) is 7.05 Å². The lowest BCUT2D eigenvalue weighted by molar-refractivity contribution is -0.121. The molecule has 0 aromatic rings. The standard InChI is InChI=1S/C10H21NO/c1-8(6-9(12)11-5)7-10(2,3)4/h8H,6-7H2,1-5H3,(H,11,12). The van der Waals surface area contributed by atoms with Gasteiger partial charge in [-0.05, 0) is 17.8 Å². The van der Waals surface area contributed by atoms with Crippen LogP contribution in [0.1, 0.15) is 40.5 Å². The number of carbonyl (C=O) groups excluding carboxylic acids is 1. The van der Waals surface area contributed by atoms with Gasteiger partial charge < -0.3 is 5.32 Å². The van der Waals surface area contributed by atoms with Crippen LogP contribution in [0.4, 0.5) is 0 Å². The predicted molar refractivity (Wildman–Crippen MR) is 51.9 cm³/mol. The molecule has 0 rings (SSSR count). The molecule has 0 aliphatic rings. The second-order valence-corrected chi connectivity index (χ2v) is 4.75. The Bertz CT molecular complexity index is 146. The predicted octanol–water partition coefficient (Wildman–Crippen LogP) is 2.19. The molecule has 0 spiro atoms. The van der Waals surface area contributed by atoms with E-state index in [-0.39, 0.29) is 5.91 Å². The molecule has 12 heavy (non-hydrogen) atoms. The summed E-state index contributed by atoms with van der Waals surface area (Å²) in [5.74, 6) is 0.622. The molecule has 0 heterocycles. The molecule has 0 saturated carbocycles. The minimum atomic E-state index is 0.145. The Balaban J connectivity index is 3.74. The lowest BCUT2D eigenvalue weighted by Crippen LogP contribution is -2.22. The van der Waals surface area contributed by atoms with Crippen LogP contribution in [-0.4, -0.2) is 13.0 Å². The van der Waals surface area contributed by atoms with Crippen LogP contribution in [-0.2, 0) is 4.79 Å². The quantitative estimate of drug-likeness (QED) is 0.693. The second kappa shape index (κ2) is 4.48. The van der Waals surface area contributed by atoms with Crippen molar-refractivity contribution in [3.05, 3.63) is 0 Å². The van der Waals surface area contributed by atoms with E-state index in [4.69, 9.17) is 0 Å². The van der Waals surface area contributed by atoms with Gasteiger partial charge in [-0.15, -0.1) is 0 Å². The normalized spacial score (nSPS) is 14.1. The second-order valence-electron chi connectivity index (χ2n) is 4.75. The van der Waals surface area contributed by atoms with E-state index in [9.17, 15) is 4.79 Å². The zero-order valence-electron chi connectivity index (χ0n) is 8.90. The van der Waals surface area contributed by atoms with E-state index in [0.29, 0.717) is 17.8 Å². The summed E-state index contributed by atoms with van der Waals surface area (Å²) in [7, 11) is 1.69. The first kappa shape index (κ1) is 11.5. The minimum Gasteiger partial charge on any atom is -0.359 e. The maximum atomic E-state index is 11.0. The number of rotatable bonds is 3. The zero-order valence-corrected chi connectivity index (χ0v) is 8.90.